The Hall–Kier alpha value is 0.0300. The SMILES string of the molecule is CCCC(C)(N)C(=O)NCC1(N2CCSCC2)CCCC1.Cl. The van der Waals surface area contributed by atoms with E-state index in [9.17, 15) is 4.79 Å². The Balaban J connectivity index is 0.00000242. The predicted octanol–water partition coefficient (Wildman–Crippen LogP) is 2.40. The highest BCUT2D eigenvalue weighted by Gasteiger charge is 2.41. The first-order valence-electron chi connectivity index (χ1n) is 8.40. The Morgan fingerprint density at radius 3 is 2.45 bits per heavy atom. The Morgan fingerprint density at radius 2 is 1.91 bits per heavy atom. The van der Waals surface area contributed by atoms with E-state index < -0.39 is 5.54 Å². The smallest absolute Gasteiger partial charge is 0.239 e. The van der Waals surface area contributed by atoms with Gasteiger partial charge in [0.05, 0.1) is 5.54 Å². The van der Waals surface area contributed by atoms with Crippen LogP contribution in [-0.2, 0) is 4.79 Å². The van der Waals surface area contributed by atoms with Crippen LogP contribution in [0.15, 0.2) is 0 Å². The molecule has 0 aromatic heterocycles. The first kappa shape index (κ1) is 20.1. The summed E-state index contributed by atoms with van der Waals surface area (Å²) in [5, 5.41) is 3.18. The number of carbonyl (C=O) groups excluding carboxylic acids is 1. The standard InChI is InChI=1S/C16H31N3OS.ClH/c1-3-6-15(2,17)14(20)18-13-16(7-4-5-8-16)19-9-11-21-12-10-19;/h3-13,17H2,1-2H3,(H,18,20);1H. The minimum Gasteiger partial charge on any atom is -0.353 e. The van der Waals surface area contributed by atoms with Gasteiger partial charge in [-0.3, -0.25) is 9.69 Å². The van der Waals surface area contributed by atoms with E-state index in [-0.39, 0.29) is 23.9 Å². The maximum absolute atomic E-state index is 12.4. The summed E-state index contributed by atoms with van der Waals surface area (Å²) >= 11 is 2.04. The third-order valence-corrected chi connectivity index (χ3v) is 6.02. The Bertz CT molecular complexity index is 353. The second-order valence-electron chi connectivity index (χ2n) is 6.88. The molecule has 130 valence electrons. The van der Waals surface area contributed by atoms with Crippen LogP contribution in [0.4, 0.5) is 0 Å². The zero-order valence-electron chi connectivity index (χ0n) is 14.0. The third kappa shape index (κ3) is 4.76. The molecule has 1 atom stereocenters. The fraction of sp³-hybridized carbons (Fsp3) is 0.938. The van der Waals surface area contributed by atoms with Crippen molar-refractivity contribution in [3.05, 3.63) is 0 Å². The average Bonchev–Trinajstić information content (AvgIpc) is 2.96. The van der Waals surface area contributed by atoms with Crippen molar-refractivity contribution in [2.45, 2.75) is 63.5 Å². The molecule has 2 aliphatic rings. The molecule has 0 radical (unpaired) electrons. The summed E-state index contributed by atoms with van der Waals surface area (Å²) in [5.41, 5.74) is 5.61. The van der Waals surface area contributed by atoms with E-state index in [1.165, 1.54) is 37.2 Å². The molecule has 2 fully saturated rings. The van der Waals surface area contributed by atoms with Gasteiger partial charge >= 0.3 is 0 Å². The summed E-state index contributed by atoms with van der Waals surface area (Å²) in [7, 11) is 0. The number of rotatable bonds is 6. The van der Waals surface area contributed by atoms with E-state index in [0.717, 1.165) is 32.5 Å². The normalized spacial score (nSPS) is 24.3. The fourth-order valence-corrected chi connectivity index (χ4v) is 4.66. The van der Waals surface area contributed by atoms with Crippen LogP contribution in [0, 0.1) is 0 Å². The molecule has 0 aromatic rings. The number of halogens is 1. The molecule has 3 N–H and O–H groups in total. The number of nitrogens with one attached hydrogen (secondary N) is 1. The van der Waals surface area contributed by atoms with Crippen molar-refractivity contribution >= 4 is 30.1 Å². The van der Waals surface area contributed by atoms with E-state index in [4.69, 9.17) is 5.73 Å². The van der Waals surface area contributed by atoms with Gasteiger partial charge in [-0.2, -0.15) is 11.8 Å². The minimum atomic E-state index is -0.730. The monoisotopic (exact) mass is 349 g/mol. The van der Waals surface area contributed by atoms with Crippen LogP contribution in [0.25, 0.3) is 0 Å². The summed E-state index contributed by atoms with van der Waals surface area (Å²) < 4.78 is 0. The highest BCUT2D eigenvalue weighted by atomic mass is 35.5. The number of nitrogens with zero attached hydrogens (tertiary/aromatic N) is 1. The maximum atomic E-state index is 12.4. The van der Waals surface area contributed by atoms with Gasteiger partial charge in [0.1, 0.15) is 0 Å². The molecule has 0 aromatic carbocycles. The van der Waals surface area contributed by atoms with Crippen LogP contribution in [0.5, 0.6) is 0 Å². The Morgan fingerprint density at radius 1 is 1.32 bits per heavy atom. The van der Waals surface area contributed by atoms with E-state index in [0.29, 0.717) is 0 Å². The van der Waals surface area contributed by atoms with Crippen LogP contribution >= 0.6 is 24.2 Å². The maximum Gasteiger partial charge on any atom is 0.239 e. The largest absolute Gasteiger partial charge is 0.353 e. The highest BCUT2D eigenvalue weighted by Crippen LogP contribution is 2.36. The number of thioether (sulfide) groups is 1. The molecule has 1 saturated heterocycles. The molecular formula is C16H32ClN3OS. The Labute approximate surface area is 145 Å². The molecule has 1 amide bonds. The van der Waals surface area contributed by atoms with Crippen LogP contribution in [0.1, 0.15) is 52.4 Å². The predicted molar refractivity (Wildman–Crippen MR) is 97.9 cm³/mol. The topological polar surface area (TPSA) is 58.4 Å². The van der Waals surface area contributed by atoms with Gasteiger partial charge in [-0.1, -0.05) is 26.2 Å². The van der Waals surface area contributed by atoms with Crippen LogP contribution < -0.4 is 11.1 Å². The number of hydrogen-bond acceptors (Lipinski definition) is 4. The van der Waals surface area contributed by atoms with E-state index in [1.54, 1.807) is 0 Å². The third-order valence-electron chi connectivity index (χ3n) is 5.08. The summed E-state index contributed by atoms with van der Waals surface area (Å²) in [6.45, 7) is 7.02. The van der Waals surface area contributed by atoms with Crippen molar-refractivity contribution in [3.63, 3.8) is 0 Å². The molecule has 1 heterocycles. The molecule has 0 bridgehead atoms. The lowest BCUT2D eigenvalue weighted by molar-refractivity contribution is -0.126. The van der Waals surface area contributed by atoms with Gasteiger partial charge in [-0.05, 0) is 26.2 Å². The zero-order chi connectivity index (χ0) is 15.3. The highest BCUT2D eigenvalue weighted by molar-refractivity contribution is 7.99. The van der Waals surface area contributed by atoms with E-state index in [1.807, 2.05) is 18.7 Å². The summed E-state index contributed by atoms with van der Waals surface area (Å²) in [6, 6.07) is 0. The number of hydrogen-bond donors (Lipinski definition) is 2. The molecule has 22 heavy (non-hydrogen) atoms. The van der Waals surface area contributed by atoms with Crippen LogP contribution in [-0.4, -0.2) is 53.0 Å². The van der Waals surface area contributed by atoms with E-state index in [2.05, 4.69) is 17.1 Å². The van der Waals surface area contributed by atoms with Gasteiger partial charge in [0.2, 0.25) is 5.91 Å². The lowest BCUT2D eigenvalue weighted by Gasteiger charge is -2.44. The average molecular weight is 350 g/mol. The molecule has 4 nitrogen and oxygen atoms in total. The van der Waals surface area contributed by atoms with Gasteiger partial charge in [0.25, 0.3) is 0 Å². The molecule has 6 heteroatoms. The Kier molecular flexibility index (Phi) is 8.00. The summed E-state index contributed by atoms with van der Waals surface area (Å²) in [6.07, 6.45) is 6.68. The first-order chi connectivity index (χ1) is 10.0. The van der Waals surface area contributed by atoms with Crippen molar-refractivity contribution < 1.29 is 4.79 Å². The molecule has 0 spiro atoms. The first-order valence-corrected chi connectivity index (χ1v) is 9.56. The molecular weight excluding hydrogens is 318 g/mol. The number of nitrogens with two attached hydrogens (primary N) is 1. The summed E-state index contributed by atoms with van der Waals surface area (Å²) in [4.78, 5) is 15.0. The van der Waals surface area contributed by atoms with Crippen molar-refractivity contribution in [2.24, 2.45) is 5.73 Å². The van der Waals surface area contributed by atoms with Gasteiger partial charge in [-0.15, -0.1) is 12.4 Å². The quantitative estimate of drug-likeness (QED) is 0.773. The zero-order valence-corrected chi connectivity index (χ0v) is 15.7. The molecule has 1 unspecified atom stereocenters. The molecule has 1 aliphatic heterocycles. The second-order valence-corrected chi connectivity index (χ2v) is 8.11. The lowest BCUT2D eigenvalue weighted by Crippen LogP contribution is -2.60. The van der Waals surface area contributed by atoms with Crippen molar-refractivity contribution in [1.29, 1.82) is 0 Å². The van der Waals surface area contributed by atoms with Crippen LogP contribution in [0.3, 0.4) is 0 Å². The van der Waals surface area contributed by atoms with Gasteiger partial charge in [0, 0.05) is 36.7 Å². The molecule has 1 saturated carbocycles. The summed E-state index contributed by atoms with van der Waals surface area (Å²) in [5.74, 6) is 2.46. The van der Waals surface area contributed by atoms with Crippen molar-refractivity contribution in [1.82, 2.24) is 10.2 Å². The molecule has 2 rings (SSSR count). The lowest BCUT2D eigenvalue weighted by atomic mass is 9.92. The number of carbonyl (C=O) groups is 1. The van der Waals surface area contributed by atoms with E-state index >= 15 is 0 Å². The number of amides is 1. The van der Waals surface area contributed by atoms with Gasteiger partial charge in [-0.25, -0.2) is 0 Å². The van der Waals surface area contributed by atoms with Crippen molar-refractivity contribution in [3.8, 4) is 0 Å². The minimum absolute atomic E-state index is 0. The van der Waals surface area contributed by atoms with Crippen LogP contribution in [0.2, 0.25) is 0 Å². The van der Waals surface area contributed by atoms with Gasteiger partial charge < -0.3 is 11.1 Å². The van der Waals surface area contributed by atoms with Gasteiger partial charge in [0.15, 0.2) is 0 Å². The molecule has 1 aliphatic carbocycles. The second kappa shape index (κ2) is 8.76. The fourth-order valence-electron chi connectivity index (χ4n) is 3.76. The van der Waals surface area contributed by atoms with Crippen molar-refractivity contribution in [2.75, 3.05) is 31.1 Å².